The first kappa shape index (κ1) is 33.3. The minimum Gasteiger partial charge on any atom is -0.335 e. The molecule has 1 aliphatic heterocycles. The van der Waals surface area contributed by atoms with Crippen LogP contribution in [0.1, 0.15) is 45.1 Å². The average molecular weight is 754 g/mol. The van der Waals surface area contributed by atoms with Gasteiger partial charge in [-0.1, -0.05) is 166 Å². The third-order valence-electron chi connectivity index (χ3n) is 14.5. The van der Waals surface area contributed by atoms with Crippen molar-refractivity contribution in [2.24, 2.45) is 5.41 Å². The summed E-state index contributed by atoms with van der Waals surface area (Å²) in [6, 6.07) is 66.5. The number of benzene rings is 9. The van der Waals surface area contributed by atoms with Gasteiger partial charge >= 0.3 is 0 Å². The van der Waals surface area contributed by atoms with Crippen LogP contribution in [-0.2, 0) is 0 Å². The van der Waals surface area contributed by atoms with E-state index in [1.807, 2.05) is 0 Å². The van der Waals surface area contributed by atoms with Crippen molar-refractivity contribution < 1.29 is 0 Å². The molecule has 1 saturated carbocycles. The second-order valence-corrected chi connectivity index (χ2v) is 18.5. The molecule has 2 aliphatic rings. The number of fused-ring (bicyclic) bond motifs is 9. The van der Waals surface area contributed by atoms with Crippen molar-refractivity contribution in [3.63, 3.8) is 0 Å². The van der Waals surface area contributed by atoms with Crippen molar-refractivity contribution in [3.05, 3.63) is 181 Å². The molecule has 13 rings (SSSR count). The molecular weight excluding hydrogens is 711 g/mol. The third-order valence-corrected chi connectivity index (χ3v) is 14.5. The molecule has 0 amide bonds. The summed E-state index contributed by atoms with van der Waals surface area (Å²) in [7, 11) is 0. The molecule has 0 saturated heterocycles. The molecule has 0 spiro atoms. The van der Waals surface area contributed by atoms with Gasteiger partial charge in [-0.25, -0.2) is 0 Å². The molecular formula is C58H43N. The van der Waals surface area contributed by atoms with Crippen LogP contribution in [0.25, 0.3) is 98.0 Å². The molecule has 1 heterocycles. The quantitative estimate of drug-likeness (QED) is 0.173. The lowest BCUT2D eigenvalue weighted by Crippen LogP contribution is -2.41. The maximum atomic E-state index is 2.67. The third kappa shape index (κ3) is 4.40. The Hall–Kier alpha value is -6.70. The Balaban J connectivity index is 1.14. The van der Waals surface area contributed by atoms with Crippen LogP contribution in [0.3, 0.4) is 0 Å². The van der Waals surface area contributed by atoms with E-state index < -0.39 is 0 Å². The van der Waals surface area contributed by atoms with Crippen molar-refractivity contribution in [1.82, 2.24) is 0 Å². The minimum atomic E-state index is 0.0283. The highest BCUT2D eigenvalue weighted by molar-refractivity contribution is 6.46. The summed E-state index contributed by atoms with van der Waals surface area (Å²) in [6.07, 6.45) is 2.35. The van der Waals surface area contributed by atoms with Gasteiger partial charge in [0.05, 0.1) is 0 Å². The molecule has 1 fully saturated rings. The minimum absolute atomic E-state index is 0.0283. The first-order chi connectivity index (χ1) is 28.9. The largest absolute Gasteiger partial charge is 0.335 e. The lowest BCUT2D eigenvalue weighted by atomic mass is 9.85. The monoisotopic (exact) mass is 753 g/mol. The SMILES string of the molecule is CC1(C)CC2c3cc(-c4ccc5c6c(-c7ccccc7)c7c8cccc9cccc(c7c(-c7ccccc7)c6c6cccc4c65)c98)ccc3N(c3ccccc3)C2(C)C1. The van der Waals surface area contributed by atoms with Crippen LogP contribution < -0.4 is 4.90 Å². The van der Waals surface area contributed by atoms with Gasteiger partial charge in [0.1, 0.15) is 0 Å². The van der Waals surface area contributed by atoms with E-state index in [-0.39, 0.29) is 11.0 Å². The van der Waals surface area contributed by atoms with Gasteiger partial charge < -0.3 is 4.90 Å². The van der Waals surface area contributed by atoms with Gasteiger partial charge in [0.2, 0.25) is 0 Å². The summed E-state index contributed by atoms with van der Waals surface area (Å²) in [4.78, 5) is 2.67. The summed E-state index contributed by atoms with van der Waals surface area (Å²) in [5.74, 6) is 0.463. The fraction of sp³-hybridized carbons (Fsp3) is 0.138. The van der Waals surface area contributed by atoms with Crippen LogP contribution in [0, 0.1) is 5.41 Å². The highest BCUT2D eigenvalue weighted by atomic mass is 15.2. The van der Waals surface area contributed by atoms with Gasteiger partial charge in [0.25, 0.3) is 0 Å². The summed E-state index contributed by atoms with van der Waals surface area (Å²) < 4.78 is 0. The Labute approximate surface area is 344 Å². The van der Waals surface area contributed by atoms with Gasteiger partial charge in [0, 0.05) is 22.8 Å². The normalized spacial score (nSPS) is 18.6. The van der Waals surface area contributed by atoms with E-state index in [0.29, 0.717) is 5.92 Å². The number of hydrogen-bond acceptors (Lipinski definition) is 1. The van der Waals surface area contributed by atoms with E-state index in [1.54, 1.807) is 0 Å². The second-order valence-electron chi connectivity index (χ2n) is 18.5. The Morgan fingerprint density at radius 2 is 0.966 bits per heavy atom. The van der Waals surface area contributed by atoms with Crippen LogP contribution in [0.4, 0.5) is 11.4 Å². The lowest BCUT2D eigenvalue weighted by Gasteiger charge is -2.38. The Bertz CT molecular complexity index is 3340. The predicted octanol–water partition coefficient (Wildman–Crippen LogP) is 16.3. The molecule has 1 nitrogen and oxygen atoms in total. The van der Waals surface area contributed by atoms with Crippen LogP contribution in [0.15, 0.2) is 176 Å². The van der Waals surface area contributed by atoms with Crippen molar-refractivity contribution in [1.29, 1.82) is 0 Å². The topological polar surface area (TPSA) is 3.24 Å². The molecule has 0 N–H and O–H groups in total. The zero-order valence-electron chi connectivity index (χ0n) is 33.7. The highest BCUT2D eigenvalue weighted by Crippen LogP contribution is 2.64. The Morgan fingerprint density at radius 1 is 0.441 bits per heavy atom. The second kappa shape index (κ2) is 11.7. The highest BCUT2D eigenvalue weighted by Gasteiger charge is 2.57. The van der Waals surface area contributed by atoms with Gasteiger partial charge in [-0.2, -0.15) is 0 Å². The molecule has 59 heavy (non-hydrogen) atoms. The maximum Gasteiger partial charge on any atom is 0.0497 e. The van der Waals surface area contributed by atoms with E-state index in [9.17, 15) is 0 Å². The summed E-state index contributed by atoms with van der Waals surface area (Å²) in [5.41, 5.74) is 12.3. The molecule has 2 unspecified atom stereocenters. The van der Waals surface area contributed by atoms with Crippen molar-refractivity contribution in [2.45, 2.75) is 45.1 Å². The van der Waals surface area contributed by atoms with E-state index in [2.05, 4.69) is 202 Å². The standard InChI is InChI=1S/C58H43N/c1-57(2)33-47-46-32-38(28-31-48(46)59(58(47,3)34-57)39-22-11-6-12-23-39)40-29-30-45-52-41(40)24-15-27-44(52)55-50(36-16-7-4-8-17-36)53-42-25-13-20-35-21-14-26-43(49(35)42)54(53)51(56(45)55)37-18-9-5-10-19-37/h4-32,47H,33-34H2,1-3H3. The molecule has 2 atom stereocenters. The van der Waals surface area contributed by atoms with Crippen LogP contribution in [-0.4, -0.2) is 5.54 Å². The lowest BCUT2D eigenvalue weighted by molar-refractivity contribution is 0.347. The first-order valence-electron chi connectivity index (χ1n) is 21.3. The zero-order valence-corrected chi connectivity index (χ0v) is 33.7. The molecule has 0 aromatic heterocycles. The molecule has 1 heteroatoms. The van der Waals surface area contributed by atoms with Crippen molar-refractivity contribution >= 4 is 76.0 Å². The number of para-hydroxylation sites is 1. The van der Waals surface area contributed by atoms with Crippen LogP contribution in [0.5, 0.6) is 0 Å². The fourth-order valence-electron chi connectivity index (χ4n) is 12.6. The van der Waals surface area contributed by atoms with Gasteiger partial charge in [-0.15, -0.1) is 0 Å². The first-order valence-corrected chi connectivity index (χ1v) is 21.3. The maximum absolute atomic E-state index is 2.67. The molecule has 11 aromatic rings. The van der Waals surface area contributed by atoms with E-state index in [0.717, 1.165) is 0 Å². The number of nitrogens with zero attached hydrogens (tertiary/aromatic N) is 1. The Kier molecular flexibility index (Phi) is 6.60. The molecule has 0 radical (unpaired) electrons. The zero-order chi connectivity index (χ0) is 39.2. The average Bonchev–Trinajstić information content (AvgIpc) is 3.93. The molecule has 11 aromatic carbocycles. The summed E-state index contributed by atoms with van der Waals surface area (Å²) in [6.45, 7) is 7.44. The predicted molar refractivity (Wildman–Crippen MR) is 253 cm³/mol. The summed E-state index contributed by atoms with van der Waals surface area (Å²) in [5, 5.41) is 16.1. The van der Waals surface area contributed by atoms with E-state index in [4.69, 9.17) is 0 Å². The number of rotatable bonds is 4. The summed E-state index contributed by atoms with van der Waals surface area (Å²) >= 11 is 0. The van der Waals surface area contributed by atoms with Crippen LogP contribution in [0.2, 0.25) is 0 Å². The van der Waals surface area contributed by atoms with Crippen molar-refractivity contribution in [2.75, 3.05) is 4.90 Å². The van der Waals surface area contributed by atoms with Crippen molar-refractivity contribution in [3.8, 4) is 33.4 Å². The number of anilines is 2. The Morgan fingerprint density at radius 3 is 1.58 bits per heavy atom. The smallest absolute Gasteiger partial charge is 0.0497 e. The molecule has 1 aliphatic carbocycles. The van der Waals surface area contributed by atoms with Gasteiger partial charge in [0.15, 0.2) is 0 Å². The van der Waals surface area contributed by atoms with Gasteiger partial charge in [-0.3, -0.25) is 0 Å². The molecule has 280 valence electrons. The van der Waals surface area contributed by atoms with Crippen LogP contribution >= 0.6 is 0 Å². The van der Waals surface area contributed by atoms with E-state index in [1.165, 1.54) is 128 Å². The number of hydrogen-bond donors (Lipinski definition) is 0. The fourth-order valence-corrected chi connectivity index (χ4v) is 12.6. The molecule has 0 bridgehead atoms. The van der Waals surface area contributed by atoms with E-state index >= 15 is 0 Å². The van der Waals surface area contributed by atoms with Gasteiger partial charge in [-0.05, 0) is 153 Å².